The second kappa shape index (κ2) is 5.58. The van der Waals surface area contributed by atoms with Gasteiger partial charge < -0.3 is 11.5 Å². The molecule has 26 heavy (non-hydrogen) atoms. The van der Waals surface area contributed by atoms with Crippen LogP contribution in [0.25, 0.3) is 0 Å². The first-order valence-corrected chi connectivity index (χ1v) is 9.50. The molecule has 1 aliphatic heterocycles. The number of hydrogen-bond donors (Lipinski definition) is 2. The number of rotatable bonds is 1. The van der Waals surface area contributed by atoms with Crippen molar-refractivity contribution in [3.8, 4) is 0 Å². The average molecular weight is 388 g/mol. The van der Waals surface area contributed by atoms with E-state index in [0.29, 0.717) is 10.7 Å². The van der Waals surface area contributed by atoms with Gasteiger partial charge in [0.1, 0.15) is 0 Å². The molecule has 0 bridgehead atoms. The molecule has 0 saturated carbocycles. The van der Waals surface area contributed by atoms with Crippen molar-refractivity contribution in [2.24, 2.45) is 0 Å². The monoisotopic (exact) mass is 387 g/mol. The van der Waals surface area contributed by atoms with Crippen LogP contribution < -0.4 is 16.4 Å². The summed E-state index contributed by atoms with van der Waals surface area (Å²) in [7, 11) is -3.96. The highest BCUT2D eigenvalue weighted by Crippen LogP contribution is 2.49. The van der Waals surface area contributed by atoms with Crippen molar-refractivity contribution in [2.45, 2.75) is 16.7 Å². The Morgan fingerprint density at radius 2 is 1.77 bits per heavy atom. The van der Waals surface area contributed by atoms with Crippen LogP contribution in [0.1, 0.15) is 5.56 Å². The van der Waals surface area contributed by atoms with Crippen LogP contribution in [0.3, 0.4) is 0 Å². The second-order valence-corrected chi connectivity index (χ2v) is 8.15. The molecule has 2 heterocycles. The molecule has 4 rings (SSSR count). The first-order chi connectivity index (χ1) is 12.3. The summed E-state index contributed by atoms with van der Waals surface area (Å²) in [5.74, 6) is -0.178. The third-order valence-corrected chi connectivity index (χ3v) is 6.25. The van der Waals surface area contributed by atoms with Gasteiger partial charge in [-0.05, 0) is 36.8 Å². The number of benzene rings is 2. The molecule has 9 heteroatoms. The van der Waals surface area contributed by atoms with Crippen molar-refractivity contribution >= 4 is 50.4 Å². The number of halogens is 1. The number of nitrogens with two attached hydrogens (primary N) is 2. The van der Waals surface area contributed by atoms with Gasteiger partial charge in [-0.1, -0.05) is 29.8 Å². The molecular weight excluding hydrogens is 374 g/mol. The molecule has 0 radical (unpaired) electrons. The average Bonchev–Trinajstić information content (AvgIpc) is 2.56. The van der Waals surface area contributed by atoms with E-state index < -0.39 is 9.84 Å². The number of nitrogens with zero attached hydrogens (tertiary/aromatic N) is 3. The maximum absolute atomic E-state index is 13.2. The van der Waals surface area contributed by atoms with Crippen molar-refractivity contribution in [1.82, 2.24) is 9.97 Å². The molecule has 3 aromatic rings. The number of sulfone groups is 1. The van der Waals surface area contributed by atoms with E-state index in [-0.39, 0.29) is 27.4 Å². The number of fused-ring (bicyclic) bond motifs is 2. The lowest BCUT2D eigenvalue weighted by atomic mass is 10.1. The first kappa shape index (κ1) is 16.6. The molecule has 0 aliphatic carbocycles. The summed E-state index contributed by atoms with van der Waals surface area (Å²) in [4.78, 5) is 9.61. The molecule has 0 fully saturated rings. The minimum Gasteiger partial charge on any atom is -0.382 e. The number of hydrogen-bond acceptors (Lipinski definition) is 7. The normalized spacial score (nSPS) is 14.6. The van der Waals surface area contributed by atoms with E-state index in [9.17, 15) is 8.42 Å². The summed E-state index contributed by atoms with van der Waals surface area (Å²) in [5.41, 5.74) is 13.8. The first-order valence-electron chi connectivity index (χ1n) is 7.64. The number of aromatic nitrogens is 2. The number of nitrogen functional groups attached to an aromatic ring is 2. The van der Waals surface area contributed by atoms with Gasteiger partial charge in [0.05, 0.1) is 16.3 Å². The highest BCUT2D eigenvalue weighted by molar-refractivity contribution is 7.92. The molecule has 1 aliphatic rings. The Morgan fingerprint density at radius 1 is 1.04 bits per heavy atom. The molecule has 7 nitrogen and oxygen atoms in total. The Bertz CT molecular complexity index is 1160. The third-order valence-electron chi connectivity index (χ3n) is 4.18. The predicted molar refractivity (Wildman–Crippen MR) is 101 cm³/mol. The van der Waals surface area contributed by atoms with Gasteiger partial charge in [-0.2, -0.15) is 9.97 Å². The molecule has 132 valence electrons. The highest BCUT2D eigenvalue weighted by atomic mass is 35.5. The molecule has 2 aromatic carbocycles. The molecule has 0 atom stereocenters. The Morgan fingerprint density at radius 3 is 2.50 bits per heavy atom. The van der Waals surface area contributed by atoms with Gasteiger partial charge in [-0.25, -0.2) is 8.42 Å². The summed E-state index contributed by atoms with van der Waals surface area (Å²) in [6.45, 7) is 1.92. The maximum atomic E-state index is 13.2. The Hall–Kier alpha value is -2.84. The molecule has 1 aromatic heterocycles. The van der Waals surface area contributed by atoms with Crippen molar-refractivity contribution in [3.63, 3.8) is 0 Å². The van der Waals surface area contributed by atoms with E-state index in [1.54, 1.807) is 17.0 Å². The molecular formula is C17H14ClN5O2S. The zero-order valence-electron chi connectivity index (χ0n) is 13.6. The van der Waals surface area contributed by atoms with Gasteiger partial charge in [0, 0.05) is 5.02 Å². The van der Waals surface area contributed by atoms with Gasteiger partial charge in [0.2, 0.25) is 15.8 Å². The summed E-state index contributed by atoms with van der Waals surface area (Å²) < 4.78 is 26.3. The van der Waals surface area contributed by atoms with Crippen LogP contribution in [0, 0.1) is 6.92 Å². The Balaban J connectivity index is 2.17. The van der Waals surface area contributed by atoms with E-state index >= 15 is 0 Å². The Labute approximate surface area is 155 Å². The van der Waals surface area contributed by atoms with Crippen LogP contribution in [-0.2, 0) is 9.84 Å². The second-order valence-electron chi connectivity index (χ2n) is 5.86. The van der Waals surface area contributed by atoms with Gasteiger partial charge >= 0.3 is 0 Å². The zero-order valence-corrected chi connectivity index (χ0v) is 15.2. The van der Waals surface area contributed by atoms with E-state index in [1.807, 2.05) is 31.2 Å². The third kappa shape index (κ3) is 2.30. The van der Waals surface area contributed by atoms with Crippen molar-refractivity contribution < 1.29 is 8.42 Å². The van der Waals surface area contributed by atoms with Gasteiger partial charge in [-0.15, -0.1) is 0 Å². The predicted octanol–water partition coefficient (Wildman–Crippen LogP) is 3.22. The fourth-order valence-corrected chi connectivity index (χ4v) is 4.92. The lowest BCUT2D eigenvalue weighted by Gasteiger charge is -2.33. The number of anilines is 5. The summed E-state index contributed by atoms with van der Waals surface area (Å²) in [6, 6.07) is 12.2. The lowest BCUT2D eigenvalue weighted by molar-refractivity contribution is 0.594. The van der Waals surface area contributed by atoms with Crippen molar-refractivity contribution in [2.75, 3.05) is 16.4 Å². The molecule has 0 spiro atoms. The quantitative estimate of drug-likeness (QED) is 0.515. The van der Waals surface area contributed by atoms with Crippen LogP contribution in [0.15, 0.2) is 52.3 Å². The van der Waals surface area contributed by atoms with Crippen LogP contribution >= 0.6 is 11.6 Å². The fourth-order valence-electron chi connectivity index (χ4n) is 3.05. The standard InChI is InChI=1S/C17H14ClN5O2S/c1-9-4-2-3-5-11(9)23-12-7-6-10(18)8-13(12)26(24,25)14-15(19)21-17(20)22-16(14)23/h2-8H,1H3,(H4,19,20,21,22). The number of para-hydroxylation sites is 1. The van der Waals surface area contributed by atoms with Crippen LogP contribution in [-0.4, -0.2) is 18.4 Å². The van der Waals surface area contributed by atoms with Gasteiger partial charge in [0.25, 0.3) is 0 Å². The Kier molecular flexibility index (Phi) is 3.57. The largest absolute Gasteiger partial charge is 0.382 e. The van der Waals surface area contributed by atoms with E-state index in [2.05, 4.69) is 9.97 Å². The van der Waals surface area contributed by atoms with Crippen molar-refractivity contribution in [1.29, 1.82) is 0 Å². The van der Waals surface area contributed by atoms with E-state index in [1.165, 1.54) is 6.07 Å². The van der Waals surface area contributed by atoms with Crippen LogP contribution in [0.2, 0.25) is 5.02 Å². The van der Waals surface area contributed by atoms with E-state index in [4.69, 9.17) is 23.1 Å². The summed E-state index contributed by atoms with van der Waals surface area (Å²) >= 11 is 6.06. The van der Waals surface area contributed by atoms with Crippen LogP contribution in [0.5, 0.6) is 0 Å². The summed E-state index contributed by atoms with van der Waals surface area (Å²) in [6.07, 6.45) is 0. The van der Waals surface area contributed by atoms with E-state index in [0.717, 1.165) is 11.3 Å². The maximum Gasteiger partial charge on any atom is 0.224 e. The smallest absolute Gasteiger partial charge is 0.224 e. The lowest BCUT2D eigenvalue weighted by Crippen LogP contribution is -2.26. The minimum absolute atomic E-state index is 0.0424. The van der Waals surface area contributed by atoms with Crippen LogP contribution in [0.4, 0.5) is 29.0 Å². The molecule has 0 amide bonds. The molecule has 0 saturated heterocycles. The van der Waals surface area contributed by atoms with Gasteiger partial charge in [0.15, 0.2) is 16.5 Å². The fraction of sp³-hybridized carbons (Fsp3) is 0.0588. The molecule has 4 N–H and O–H groups in total. The number of aryl methyl sites for hydroxylation is 1. The van der Waals surface area contributed by atoms with Gasteiger partial charge in [-0.3, -0.25) is 4.90 Å². The minimum atomic E-state index is -3.96. The SMILES string of the molecule is Cc1ccccc1N1c2ccc(Cl)cc2S(=O)(=O)c2c(N)nc(N)nc21. The molecule has 0 unspecified atom stereocenters. The summed E-state index contributed by atoms with van der Waals surface area (Å²) in [5, 5.41) is 0.301. The zero-order chi connectivity index (χ0) is 18.6. The topological polar surface area (TPSA) is 115 Å². The highest BCUT2D eigenvalue weighted by Gasteiger charge is 2.39. The van der Waals surface area contributed by atoms with Crippen molar-refractivity contribution in [3.05, 3.63) is 53.1 Å².